The molecule has 0 unspecified atom stereocenters. The van der Waals surface area contributed by atoms with Crippen molar-refractivity contribution < 1.29 is 9.90 Å². The maximum atomic E-state index is 11.0. The van der Waals surface area contributed by atoms with Gasteiger partial charge < -0.3 is 14.7 Å². The topological polar surface area (TPSA) is 70.9 Å². The van der Waals surface area contributed by atoms with E-state index in [1.54, 1.807) is 6.33 Å². The fraction of sp³-hybridized carbons (Fsp3) is 0.100. The van der Waals surface area contributed by atoms with Gasteiger partial charge in [-0.15, -0.1) is 0 Å². The third-order valence-electron chi connectivity index (χ3n) is 4.29. The Balaban J connectivity index is 1.87. The summed E-state index contributed by atoms with van der Waals surface area (Å²) >= 11 is 0. The van der Waals surface area contributed by atoms with Crippen molar-refractivity contribution in [3.8, 4) is 16.9 Å². The number of hydrogen-bond acceptors (Lipinski definition) is 2. The molecule has 2 aromatic carbocycles. The lowest BCUT2D eigenvalue weighted by Crippen LogP contribution is -2.05. The van der Waals surface area contributed by atoms with Gasteiger partial charge in [0.15, 0.2) is 0 Å². The van der Waals surface area contributed by atoms with Gasteiger partial charge in [-0.3, -0.25) is 4.79 Å². The van der Waals surface area contributed by atoms with Crippen molar-refractivity contribution in [2.45, 2.75) is 12.8 Å². The van der Waals surface area contributed by atoms with Crippen LogP contribution in [0.2, 0.25) is 0 Å². The SMILES string of the molecule is O=C(O)CCc1ccc(-c2ccccc2)n1-c1ccc2nc[nH]c2c1. The molecule has 2 heterocycles. The molecule has 0 saturated heterocycles. The van der Waals surface area contributed by atoms with Gasteiger partial charge in [0, 0.05) is 11.4 Å². The number of aryl methyl sites for hydroxylation is 1. The van der Waals surface area contributed by atoms with Crippen LogP contribution < -0.4 is 0 Å². The summed E-state index contributed by atoms with van der Waals surface area (Å²) in [5, 5.41) is 9.05. The van der Waals surface area contributed by atoms with Crippen molar-refractivity contribution in [3.63, 3.8) is 0 Å². The first-order chi connectivity index (χ1) is 12.2. The maximum Gasteiger partial charge on any atom is 0.303 e. The Morgan fingerprint density at radius 1 is 1.08 bits per heavy atom. The third-order valence-corrected chi connectivity index (χ3v) is 4.29. The van der Waals surface area contributed by atoms with Crippen LogP contribution in [0.3, 0.4) is 0 Å². The first-order valence-corrected chi connectivity index (χ1v) is 8.14. The molecule has 0 spiro atoms. The van der Waals surface area contributed by atoms with Gasteiger partial charge in [0.1, 0.15) is 0 Å². The summed E-state index contributed by atoms with van der Waals surface area (Å²) in [5.41, 5.74) is 5.95. The van der Waals surface area contributed by atoms with Crippen LogP contribution in [-0.2, 0) is 11.2 Å². The zero-order valence-corrected chi connectivity index (χ0v) is 13.5. The molecule has 5 nitrogen and oxygen atoms in total. The Morgan fingerprint density at radius 2 is 1.92 bits per heavy atom. The minimum Gasteiger partial charge on any atom is -0.481 e. The van der Waals surface area contributed by atoms with Crippen molar-refractivity contribution in [1.82, 2.24) is 14.5 Å². The zero-order chi connectivity index (χ0) is 17.2. The van der Waals surface area contributed by atoms with Gasteiger partial charge in [-0.2, -0.15) is 0 Å². The summed E-state index contributed by atoms with van der Waals surface area (Å²) in [4.78, 5) is 18.4. The summed E-state index contributed by atoms with van der Waals surface area (Å²) in [5.74, 6) is -0.793. The Hall–Kier alpha value is -3.34. The van der Waals surface area contributed by atoms with E-state index in [-0.39, 0.29) is 6.42 Å². The highest BCUT2D eigenvalue weighted by Gasteiger charge is 2.13. The highest BCUT2D eigenvalue weighted by molar-refractivity contribution is 5.78. The summed E-state index contributed by atoms with van der Waals surface area (Å²) in [7, 11) is 0. The van der Waals surface area contributed by atoms with Gasteiger partial charge >= 0.3 is 5.97 Å². The molecule has 0 aliphatic rings. The monoisotopic (exact) mass is 331 g/mol. The molecule has 25 heavy (non-hydrogen) atoms. The van der Waals surface area contributed by atoms with Crippen LogP contribution in [0.25, 0.3) is 28.0 Å². The number of benzene rings is 2. The lowest BCUT2D eigenvalue weighted by Gasteiger charge is -2.14. The molecule has 4 aromatic rings. The molecule has 0 bridgehead atoms. The van der Waals surface area contributed by atoms with Gasteiger partial charge in [0.25, 0.3) is 0 Å². The Bertz CT molecular complexity index is 1030. The van der Waals surface area contributed by atoms with Crippen LogP contribution in [0.1, 0.15) is 12.1 Å². The molecule has 5 heteroatoms. The average molecular weight is 331 g/mol. The van der Waals surface area contributed by atoms with E-state index >= 15 is 0 Å². The number of carboxylic acid groups (broad SMARTS) is 1. The number of nitrogens with zero attached hydrogens (tertiary/aromatic N) is 2. The summed E-state index contributed by atoms with van der Waals surface area (Å²) in [6.45, 7) is 0. The van der Waals surface area contributed by atoms with Crippen molar-refractivity contribution in [2.24, 2.45) is 0 Å². The molecule has 4 rings (SSSR count). The molecular formula is C20H17N3O2. The number of carboxylic acids is 1. The summed E-state index contributed by atoms with van der Waals surface area (Å²) in [6.07, 6.45) is 2.25. The molecule has 0 amide bonds. The molecule has 124 valence electrons. The highest BCUT2D eigenvalue weighted by Crippen LogP contribution is 2.28. The molecule has 0 saturated carbocycles. The first kappa shape index (κ1) is 15.2. The predicted octanol–water partition coefficient (Wildman–Crippen LogP) is 4.04. The van der Waals surface area contributed by atoms with Crippen LogP contribution in [0, 0.1) is 0 Å². The van der Waals surface area contributed by atoms with Crippen molar-refractivity contribution in [2.75, 3.05) is 0 Å². The van der Waals surface area contributed by atoms with Crippen LogP contribution in [-0.4, -0.2) is 25.6 Å². The van der Waals surface area contributed by atoms with Crippen LogP contribution in [0.5, 0.6) is 0 Å². The summed E-state index contributed by atoms with van der Waals surface area (Å²) < 4.78 is 2.12. The number of hydrogen-bond donors (Lipinski definition) is 2. The van der Waals surface area contributed by atoms with E-state index in [9.17, 15) is 4.79 Å². The second-order valence-electron chi connectivity index (χ2n) is 5.91. The van der Waals surface area contributed by atoms with Gasteiger partial charge in [-0.05, 0) is 42.3 Å². The Kier molecular flexibility index (Phi) is 3.82. The van der Waals surface area contributed by atoms with E-state index in [1.165, 1.54) is 0 Å². The first-order valence-electron chi connectivity index (χ1n) is 8.14. The lowest BCUT2D eigenvalue weighted by molar-refractivity contribution is -0.136. The zero-order valence-electron chi connectivity index (χ0n) is 13.5. The quantitative estimate of drug-likeness (QED) is 0.580. The lowest BCUT2D eigenvalue weighted by atomic mass is 10.1. The van der Waals surface area contributed by atoms with Gasteiger partial charge in [0.05, 0.1) is 29.5 Å². The standard InChI is InChI=1S/C20H17N3O2/c24-20(25)11-8-15-7-10-19(14-4-2-1-3-5-14)23(15)16-6-9-17-18(12-16)22-13-21-17/h1-7,9-10,12-13H,8,11H2,(H,21,22)(H,24,25). The van der Waals surface area contributed by atoms with E-state index in [0.717, 1.165) is 33.7 Å². The van der Waals surface area contributed by atoms with E-state index in [4.69, 9.17) is 5.11 Å². The minimum absolute atomic E-state index is 0.102. The van der Waals surface area contributed by atoms with Crippen LogP contribution in [0.4, 0.5) is 0 Å². The number of aliphatic carboxylic acids is 1. The predicted molar refractivity (Wildman–Crippen MR) is 96.8 cm³/mol. The fourth-order valence-electron chi connectivity index (χ4n) is 3.11. The minimum atomic E-state index is -0.793. The number of imidazole rings is 1. The number of aromatic amines is 1. The molecule has 0 radical (unpaired) electrons. The van der Waals surface area contributed by atoms with Gasteiger partial charge in [-0.1, -0.05) is 30.3 Å². The Morgan fingerprint density at radius 3 is 2.72 bits per heavy atom. The second-order valence-corrected chi connectivity index (χ2v) is 5.91. The fourth-order valence-corrected chi connectivity index (χ4v) is 3.11. The number of rotatable bonds is 5. The molecule has 0 aliphatic heterocycles. The molecule has 0 fully saturated rings. The molecule has 2 N–H and O–H groups in total. The van der Waals surface area contributed by atoms with E-state index in [1.807, 2.05) is 48.5 Å². The molecule has 2 aromatic heterocycles. The normalized spacial score (nSPS) is 11.0. The molecule has 0 aliphatic carbocycles. The number of fused-ring (bicyclic) bond motifs is 1. The van der Waals surface area contributed by atoms with E-state index < -0.39 is 5.97 Å². The van der Waals surface area contributed by atoms with Crippen molar-refractivity contribution in [1.29, 1.82) is 0 Å². The number of H-pyrrole nitrogens is 1. The second kappa shape index (κ2) is 6.28. The number of nitrogens with one attached hydrogen (secondary N) is 1. The van der Waals surface area contributed by atoms with Crippen molar-refractivity contribution >= 4 is 17.0 Å². The average Bonchev–Trinajstić information content (AvgIpc) is 3.26. The molecular weight excluding hydrogens is 314 g/mol. The largest absolute Gasteiger partial charge is 0.481 e. The smallest absolute Gasteiger partial charge is 0.303 e. The summed E-state index contributed by atoms with van der Waals surface area (Å²) in [6, 6.07) is 20.2. The van der Waals surface area contributed by atoms with Crippen LogP contribution >= 0.6 is 0 Å². The van der Waals surface area contributed by atoms with Crippen molar-refractivity contribution in [3.05, 3.63) is 72.7 Å². The maximum absolute atomic E-state index is 11.0. The van der Waals surface area contributed by atoms with Crippen LogP contribution in [0.15, 0.2) is 67.0 Å². The highest BCUT2D eigenvalue weighted by atomic mass is 16.4. The Labute approximate surface area is 144 Å². The third kappa shape index (κ3) is 2.92. The van der Waals surface area contributed by atoms with Gasteiger partial charge in [-0.25, -0.2) is 4.98 Å². The van der Waals surface area contributed by atoms with E-state index in [0.29, 0.717) is 6.42 Å². The molecule has 0 atom stereocenters. The van der Waals surface area contributed by atoms with E-state index in [2.05, 4.69) is 26.7 Å². The number of carbonyl (C=O) groups is 1. The van der Waals surface area contributed by atoms with Gasteiger partial charge in [0.2, 0.25) is 0 Å². The number of aromatic nitrogens is 3.